The first kappa shape index (κ1) is 14.8. The molecule has 1 aromatic rings. The normalized spacial score (nSPS) is 22.3. The maximum Gasteiger partial charge on any atom is 0.353 e. The smallest absolute Gasteiger partial charge is 0.353 e. The van der Waals surface area contributed by atoms with Crippen molar-refractivity contribution in [1.82, 2.24) is 9.97 Å². The maximum absolute atomic E-state index is 11.2. The minimum absolute atomic E-state index is 0.0815. The van der Waals surface area contributed by atoms with Crippen molar-refractivity contribution in [2.24, 2.45) is 0 Å². The Balaban J connectivity index is 2.12. The summed E-state index contributed by atoms with van der Waals surface area (Å²) >= 11 is 1.90. The van der Waals surface area contributed by atoms with Crippen LogP contribution in [-0.2, 0) is 0 Å². The Bertz CT molecular complexity index is 477. The lowest BCUT2D eigenvalue weighted by Gasteiger charge is -2.28. The molecule has 0 aromatic carbocycles. The van der Waals surface area contributed by atoms with E-state index in [0.29, 0.717) is 11.1 Å². The predicted molar refractivity (Wildman–Crippen MR) is 81.4 cm³/mol. The van der Waals surface area contributed by atoms with Crippen LogP contribution in [-0.4, -0.2) is 39.5 Å². The summed E-state index contributed by atoms with van der Waals surface area (Å²) in [6, 6.07) is 0.247. The minimum Gasteiger partial charge on any atom is -0.367 e. The molecule has 0 spiro atoms. The Labute approximate surface area is 122 Å². The van der Waals surface area contributed by atoms with Crippen LogP contribution in [0.1, 0.15) is 25.7 Å². The Morgan fingerprint density at radius 2 is 1.95 bits per heavy atom. The van der Waals surface area contributed by atoms with Crippen LogP contribution in [0.3, 0.4) is 0 Å². The molecule has 1 aromatic heterocycles. The summed E-state index contributed by atoms with van der Waals surface area (Å²) in [6.45, 7) is 0. The third-order valence-electron chi connectivity index (χ3n) is 3.59. The molecule has 1 aliphatic rings. The first-order valence-electron chi connectivity index (χ1n) is 6.62. The maximum atomic E-state index is 11.2. The van der Waals surface area contributed by atoms with Crippen molar-refractivity contribution >= 4 is 29.1 Å². The molecule has 1 fully saturated rings. The van der Waals surface area contributed by atoms with Gasteiger partial charge in [-0.05, 0) is 31.9 Å². The fourth-order valence-corrected chi connectivity index (χ4v) is 3.22. The molecule has 0 saturated heterocycles. The minimum atomic E-state index is -0.443. The highest BCUT2D eigenvalue weighted by Crippen LogP contribution is 2.32. The first-order valence-corrected chi connectivity index (χ1v) is 7.91. The summed E-state index contributed by atoms with van der Waals surface area (Å²) in [5, 5.41) is 17.8. The lowest BCUT2D eigenvalue weighted by molar-refractivity contribution is -0.383. The van der Waals surface area contributed by atoms with Crippen LogP contribution in [0, 0.1) is 10.1 Å². The molecule has 1 heterocycles. The topological polar surface area (TPSA) is 93.0 Å². The van der Waals surface area contributed by atoms with E-state index >= 15 is 0 Å². The van der Waals surface area contributed by atoms with E-state index in [1.165, 1.54) is 6.33 Å². The van der Waals surface area contributed by atoms with E-state index in [1.54, 1.807) is 7.05 Å². The van der Waals surface area contributed by atoms with Crippen molar-refractivity contribution in [3.05, 3.63) is 16.4 Å². The van der Waals surface area contributed by atoms with Gasteiger partial charge in [0.25, 0.3) is 0 Å². The highest BCUT2D eigenvalue weighted by Gasteiger charge is 2.26. The second-order valence-electron chi connectivity index (χ2n) is 4.78. The summed E-state index contributed by atoms with van der Waals surface area (Å²) in [5.74, 6) is 0.548. The molecule has 0 aliphatic heterocycles. The van der Waals surface area contributed by atoms with Gasteiger partial charge in [0.05, 0.1) is 4.92 Å². The van der Waals surface area contributed by atoms with Crippen LogP contribution in [0.25, 0.3) is 0 Å². The number of anilines is 2. The van der Waals surface area contributed by atoms with Gasteiger partial charge in [0.15, 0.2) is 0 Å². The monoisotopic (exact) mass is 297 g/mol. The fraction of sp³-hybridized carbons (Fsp3) is 0.667. The zero-order valence-electron chi connectivity index (χ0n) is 11.6. The number of rotatable bonds is 5. The van der Waals surface area contributed by atoms with Crippen molar-refractivity contribution in [2.45, 2.75) is 37.0 Å². The molecule has 8 heteroatoms. The molecule has 1 aliphatic carbocycles. The zero-order chi connectivity index (χ0) is 14.5. The summed E-state index contributed by atoms with van der Waals surface area (Å²) < 4.78 is 0. The number of hydrogen-bond donors (Lipinski definition) is 2. The van der Waals surface area contributed by atoms with Gasteiger partial charge in [-0.25, -0.2) is 9.97 Å². The summed E-state index contributed by atoms with van der Waals surface area (Å²) in [7, 11) is 1.61. The number of aromatic nitrogens is 2. The highest BCUT2D eigenvalue weighted by molar-refractivity contribution is 7.99. The van der Waals surface area contributed by atoms with Gasteiger partial charge in [0.2, 0.25) is 11.6 Å². The molecule has 0 radical (unpaired) electrons. The average molecular weight is 297 g/mol. The molecule has 110 valence electrons. The molecule has 0 bridgehead atoms. The van der Waals surface area contributed by atoms with Crippen LogP contribution in [0.2, 0.25) is 0 Å². The Morgan fingerprint density at radius 3 is 2.50 bits per heavy atom. The van der Waals surface area contributed by atoms with Crippen LogP contribution < -0.4 is 10.6 Å². The molecule has 20 heavy (non-hydrogen) atoms. The van der Waals surface area contributed by atoms with Gasteiger partial charge in [-0.2, -0.15) is 11.8 Å². The molecule has 7 nitrogen and oxygen atoms in total. The van der Waals surface area contributed by atoms with Gasteiger partial charge < -0.3 is 10.6 Å². The number of nitro groups is 1. The van der Waals surface area contributed by atoms with Crippen molar-refractivity contribution in [3.63, 3.8) is 0 Å². The lowest BCUT2D eigenvalue weighted by Crippen LogP contribution is -2.28. The van der Waals surface area contributed by atoms with Crippen molar-refractivity contribution in [3.8, 4) is 0 Å². The molecular formula is C12H19N5O2S. The molecule has 0 unspecified atom stereocenters. The Kier molecular flexibility index (Phi) is 4.99. The van der Waals surface area contributed by atoms with Gasteiger partial charge >= 0.3 is 5.69 Å². The highest BCUT2D eigenvalue weighted by atomic mass is 32.2. The van der Waals surface area contributed by atoms with E-state index < -0.39 is 4.92 Å². The molecule has 1 saturated carbocycles. The van der Waals surface area contributed by atoms with Crippen LogP contribution in [0.15, 0.2) is 6.33 Å². The van der Waals surface area contributed by atoms with Gasteiger partial charge in [-0.15, -0.1) is 0 Å². The van der Waals surface area contributed by atoms with E-state index in [4.69, 9.17) is 0 Å². The van der Waals surface area contributed by atoms with E-state index in [0.717, 1.165) is 25.7 Å². The number of thioether (sulfide) groups is 1. The molecule has 0 amide bonds. The van der Waals surface area contributed by atoms with Gasteiger partial charge in [-0.1, -0.05) is 0 Å². The van der Waals surface area contributed by atoms with Gasteiger partial charge in [0, 0.05) is 18.3 Å². The zero-order valence-corrected chi connectivity index (χ0v) is 12.4. The summed E-state index contributed by atoms with van der Waals surface area (Å²) in [6.07, 6.45) is 7.78. The van der Waals surface area contributed by atoms with E-state index in [1.807, 2.05) is 11.8 Å². The van der Waals surface area contributed by atoms with Gasteiger partial charge in [-0.3, -0.25) is 10.1 Å². The van der Waals surface area contributed by atoms with E-state index in [-0.39, 0.29) is 17.5 Å². The van der Waals surface area contributed by atoms with Crippen LogP contribution in [0.5, 0.6) is 0 Å². The SMILES string of the molecule is CNc1ncnc(NC2CCC(SC)CC2)c1[N+](=O)[O-]. The third-order valence-corrected chi connectivity index (χ3v) is 4.73. The summed E-state index contributed by atoms with van der Waals surface area (Å²) in [5.41, 5.74) is -0.0815. The second-order valence-corrected chi connectivity index (χ2v) is 5.92. The Hall–Kier alpha value is -1.57. The molecule has 2 N–H and O–H groups in total. The molecule has 2 rings (SSSR count). The standard InChI is InChI=1S/C12H19N5O2S/c1-13-11-10(17(18)19)12(15-7-14-11)16-8-3-5-9(20-2)6-4-8/h7-9H,3-6H2,1-2H3,(H2,13,14,15,16). The van der Waals surface area contributed by atoms with Gasteiger partial charge in [0.1, 0.15) is 6.33 Å². The fourth-order valence-electron chi connectivity index (χ4n) is 2.48. The third kappa shape index (κ3) is 3.30. The van der Waals surface area contributed by atoms with Crippen molar-refractivity contribution in [2.75, 3.05) is 23.9 Å². The summed E-state index contributed by atoms with van der Waals surface area (Å²) in [4.78, 5) is 18.7. The quantitative estimate of drug-likeness (QED) is 0.637. The van der Waals surface area contributed by atoms with Crippen molar-refractivity contribution in [1.29, 1.82) is 0 Å². The van der Waals surface area contributed by atoms with E-state index in [2.05, 4.69) is 26.9 Å². The molecule has 0 atom stereocenters. The number of nitrogens with zero attached hydrogens (tertiary/aromatic N) is 3. The Morgan fingerprint density at radius 1 is 1.30 bits per heavy atom. The number of hydrogen-bond acceptors (Lipinski definition) is 7. The van der Waals surface area contributed by atoms with E-state index in [9.17, 15) is 10.1 Å². The second kappa shape index (κ2) is 6.74. The predicted octanol–water partition coefficient (Wildman–Crippen LogP) is 2.51. The average Bonchev–Trinajstić information content (AvgIpc) is 2.47. The molecular weight excluding hydrogens is 278 g/mol. The van der Waals surface area contributed by atoms with Crippen LogP contribution in [0.4, 0.5) is 17.3 Å². The largest absolute Gasteiger partial charge is 0.367 e. The van der Waals surface area contributed by atoms with Crippen LogP contribution >= 0.6 is 11.8 Å². The lowest BCUT2D eigenvalue weighted by atomic mass is 9.95. The number of nitrogens with one attached hydrogen (secondary N) is 2. The first-order chi connectivity index (χ1) is 9.65. The van der Waals surface area contributed by atoms with Crippen molar-refractivity contribution < 1.29 is 4.92 Å².